The average Bonchev–Trinajstić information content (AvgIpc) is 3.58. The molecule has 10 aromatic rings. The van der Waals surface area contributed by atoms with E-state index in [9.17, 15) is 0 Å². The molecular formula is C49H32N4. The lowest BCUT2D eigenvalue weighted by Crippen LogP contribution is -1.93. The van der Waals surface area contributed by atoms with Gasteiger partial charge in [-0.15, -0.1) is 0 Å². The van der Waals surface area contributed by atoms with E-state index in [-0.39, 0.29) is 0 Å². The summed E-state index contributed by atoms with van der Waals surface area (Å²) in [5.74, 6) is 0. The highest BCUT2D eigenvalue weighted by atomic mass is 15.0. The topological polar surface area (TPSA) is 43.6 Å². The summed E-state index contributed by atoms with van der Waals surface area (Å²) in [6, 6.07) is 62.3. The Kier molecular flexibility index (Phi) is 7.43. The van der Waals surface area contributed by atoms with E-state index in [1.807, 2.05) is 36.8 Å². The third-order valence-electron chi connectivity index (χ3n) is 10.1. The van der Waals surface area contributed by atoms with Gasteiger partial charge in [0.15, 0.2) is 0 Å². The molecule has 248 valence electrons. The maximum absolute atomic E-state index is 5.14. The van der Waals surface area contributed by atoms with Crippen LogP contribution in [-0.4, -0.2) is 19.5 Å². The molecular weight excluding hydrogens is 645 g/mol. The summed E-state index contributed by atoms with van der Waals surface area (Å²) in [5, 5.41) is 4.70. The zero-order valence-electron chi connectivity index (χ0n) is 28.8. The van der Waals surface area contributed by atoms with Crippen LogP contribution in [-0.2, 0) is 0 Å². The summed E-state index contributed by atoms with van der Waals surface area (Å²) in [6.45, 7) is 0. The maximum Gasteiger partial charge on any atom is 0.0899 e. The van der Waals surface area contributed by atoms with Crippen LogP contribution in [0.15, 0.2) is 195 Å². The van der Waals surface area contributed by atoms with E-state index < -0.39 is 0 Å². The molecule has 0 N–H and O–H groups in total. The molecule has 0 saturated heterocycles. The first-order valence-electron chi connectivity index (χ1n) is 17.8. The monoisotopic (exact) mass is 676 g/mol. The van der Waals surface area contributed by atoms with Gasteiger partial charge in [0.1, 0.15) is 0 Å². The van der Waals surface area contributed by atoms with Crippen molar-refractivity contribution in [3.05, 3.63) is 195 Å². The molecule has 4 heteroatoms. The molecule has 10 rings (SSSR count). The van der Waals surface area contributed by atoms with E-state index in [1.165, 1.54) is 27.3 Å². The van der Waals surface area contributed by atoms with Crippen molar-refractivity contribution in [3.63, 3.8) is 0 Å². The van der Waals surface area contributed by atoms with Gasteiger partial charge < -0.3 is 4.57 Å². The van der Waals surface area contributed by atoms with Crippen molar-refractivity contribution in [3.8, 4) is 61.7 Å². The van der Waals surface area contributed by atoms with Crippen molar-refractivity contribution < 1.29 is 0 Å². The third kappa shape index (κ3) is 5.63. The maximum atomic E-state index is 5.14. The van der Waals surface area contributed by atoms with E-state index in [0.29, 0.717) is 0 Å². The van der Waals surface area contributed by atoms with Crippen molar-refractivity contribution in [2.24, 2.45) is 0 Å². The average molecular weight is 677 g/mol. The Balaban J connectivity index is 1.03. The van der Waals surface area contributed by atoms with Crippen LogP contribution in [0, 0.1) is 0 Å². The molecule has 4 nitrogen and oxygen atoms in total. The fraction of sp³-hybridized carbons (Fsp3) is 0. The van der Waals surface area contributed by atoms with Crippen molar-refractivity contribution in [2.45, 2.75) is 0 Å². The molecule has 0 spiro atoms. The first-order valence-corrected chi connectivity index (χ1v) is 17.8. The Morgan fingerprint density at radius 1 is 0.358 bits per heavy atom. The molecule has 0 atom stereocenters. The number of pyridine rings is 3. The minimum Gasteiger partial charge on any atom is -0.309 e. The lowest BCUT2D eigenvalue weighted by molar-refractivity contribution is 1.17. The molecule has 53 heavy (non-hydrogen) atoms. The van der Waals surface area contributed by atoms with Crippen molar-refractivity contribution in [1.82, 2.24) is 19.5 Å². The predicted molar refractivity (Wildman–Crippen MR) is 219 cm³/mol. The van der Waals surface area contributed by atoms with Crippen LogP contribution in [0.25, 0.3) is 94.3 Å². The normalized spacial score (nSPS) is 11.4. The van der Waals surface area contributed by atoms with Gasteiger partial charge in [-0.2, -0.15) is 0 Å². The van der Waals surface area contributed by atoms with Gasteiger partial charge in [0.25, 0.3) is 0 Å². The first kappa shape index (κ1) is 30.6. The quantitative estimate of drug-likeness (QED) is 0.176. The van der Waals surface area contributed by atoms with Crippen LogP contribution in [0.4, 0.5) is 0 Å². The molecule has 0 aliphatic carbocycles. The standard InChI is InChI=1S/C49H32N4/c1-3-9-33(10-4-1)36-18-19-38-28-40(21-20-37(38)27-36)46-30-41(31-47(52-46)45-13-7-8-25-51-45)35-16-14-34(15-17-35)39-22-23-48-43(29-39)44-32-50-26-24-49(44)53(48)42-11-5-2-6-12-42/h1-32H. The number of para-hydroxylation sites is 1. The third-order valence-corrected chi connectivity index (χ3v) is 10.1. The van der Waals surface area contributed by atoms with Gasteiger partial charge in [-0.25, -0.2) is 4.98 Å². The summed E-state index contributed by atoms with van der Waals surface area (Å²) >= 11 is 0. The van der Waals surface area contributed by atoms with E-state index >= 15 is 0 Å². The van der Waals surface area contributed by atoms with Crippen LogP contribution in [0.3, 0.4) is 0 Å². The summed E-state index contributed by atoms with van der Waals surface area (Å²) < 4.78 is 2.32. The second-order valence-electron chi connectivity index (χ2n) is 13.4. The number of nitrogens with zero attached hydrogens (tertiary/aromatic N) is 4. The smallest absolute Gasteiger partial charge is 0.0899 e. The molecule has 0 unspecified atom stereocenters. The van der Waals surface area contributed by atoms with Gasteiger partial charge in [-0.05, 0) is 111 Å². The zero-order valence-corrected chi connectivity index (χ0v) is 28.8. The van der Waals surface area contributed by atoms with Gasteiger partial charge in [0.2, 0.25) is 0 Å². The highest BCUT2D eigenvalue weighted by molar-refractivity contribution is 6.10. The number of fused-ring (bicyclic) bond motifs is 4. The molecule has 6 aromatic carbocycles. The van der Waals surface area contributed by atoms with E-state index in [2.05, 4.69) is 172 Å². The van der Waals surface area contributed by atoms with Crippen LogP contribution in [0.1, 0.15) is 0 Å². The fourth-order valence-corrected chi connectivity index (χ4v) is 7.46. The zero-order chi connectivity index (χ0) is 35.1. The number of hydrogen-bond donors (Lipinski definition) is 0. The van der Waals surface area contributed by atoms with E-state index in [4.69, 9.17) is 4.98 Å². The second-order valence-corrected chi connectivity index (χ2v) is 13.4. The minimum absolute atomic E-state index is 0.843. The van der Waals surface area contributed by atoms with Gasteiger partial charge in [-0.1, -0.05) is 109 Å². The number of rotatable bonds is 6. The number of hydrogen-bond acceptors (Lipinski definition) is 3. The molecule has 0 bridgehead atoms. The van der Waals surface area contributed by atoms with Crippen LogP contribution < -0.4 is 0 Å². The molecule has 0 fully saturated rings. The Labute approximate surface area is 307 Å². The molecule has 0 aliphatic rings. The molecule has 0 aliphatic heterocycles. The number of benzene rings is 6. The number of aromatic nitrogens is 4. The minimum atomic E-state index is 0.843. The lowest BCUT2D eigenvalue weighted by Gasteiger charge is -2.12. The lowest BCUT2D eigenvalue weighted by atomic mass is 9.96. The summed E-state index contributed by atoms with van der Waals surface area (Å²) in [5.41, 5.74) is 14.1. The predicted octanol–water partition coefficient (Wildman–Crippen LogP) is 12.5. The second kappa shape index (κ2) is 12.9. The molecule has 0 saturated carbocycles. The summed E-state index contributed by atoms with van der Waals surface area (Å²) in [4.78, 5) is 14.3. The first-order chi connectivity index (χ1) is 26.2. The van der Waals surface area contributed by atoms with Gasteiger partial charge in [0.05, 0.1) is 28.1 Å². The SMILES string of the molecule is c1ccc(-c2ccc3cc(-c4cc(-c5ccc(-c6ccc7c(c6)c6cnccc6n7-c6ccccc6)cc5)cc(-c5ccccn5)n4)ccc3c2)cc1. The Morgan fingerprint density at radius 3 is 1.74 bits per heavy atom. The van der Waals surface area contributed by atoms with Gasteiger partial charge in [0, 0.05) is 40.6 Å². The Hall–Kier alpha value is -7.17. The summed E-state index contributed by atoms with van der Waals surface area (Å²) in [6.07, 6.45) is 5.66. The largest absolute Gasteiger partial charge is 0.309 e. The fourth-order valence-electron chi connectivity index (χ4n) is 7.46. The highest BCUT2D eigenvalue weighted by Gasteiger charge is 2.15. The van der Waals surface area contributed by atoms with Crippen molar-refractivity contribution in [2.75, 3.05) is 0 Å². The molecule has 4 aromatic heterocycles. The molecule has 4 heterocycles. The Bertz CT molecular complexity index is 2910. The van der Waals surface area contributed by atoms with Crippen LogP contribution in [0.5, 0.6) is 0 Å². The van der Waals surface area contributed by atoms with E-state index in [1.54, 1.807) is 0 Å². The molecule has 0 radical (unpaired) electrons. The van der Waals surface area contributed by atoms with Crippen LogP contribution in [0.2, 0.25) is 0 Å². The van der Waals surface area contributed by atoms with Gasteiger partial charge in [-0.3, -0.25) is 9.97 Å². The van der Waals surface area contributed by atoms with Crippen LogP contribution >= 0.6 is 0 Å². The van der Waals surface area contributed by atoms with Crippen molar-refractivity contribution in [1.29, 1.82) is 0 Å². The molecule has 0 amide bonds. The van der Waals surface area contributed by atoms with Gasteiger partial charge >= 0.3 is 0 Å². The summed E-state index contributed by atoms with van der Waals surface area (Å²) in [7, 11) is 0. The Morgan fingerprint density at radius 2 is 0.962 bits per heavy atom. The van der Waals surface area contributed by atoms with Crippen molar-refractivity contribution >= 4 is 32.6 Å². The van der Waals surface area contributed by atoms with E-state index in [0.717, 1.165) is 67.0 Å². The highest BCUT2D eigenvalue weighted by Crippen LogP contribution is 2.36.